The van der Waals surface area contributed by atoms with Crippen molar-refractivity contribution in [3.8, 4) is 0 Å². The van der Waals surface area contributed by atoms with Crippen molar-refractivity contribution >= 4 is 5.91 Å². The van der Waals surface area contributed by atoms with Crippen molar-refractivity contribution in [2.75, 3.05) is 19.6 Å². The summed E-state index contributed by atoms with van der Waals surface area (Å²) in [6.07, 6.45) is 7.72. The minimum Gasteiger partial charge on any atom is -0.343 e. The molecule has 0 aromatic carbocycles. The zero-order valence-corrected chi connectivity index (χ0v) is 12.0. The molecule has 0 spiro atoms. The predicted molar refractivity (Wildman–Crippen MR) is 78.0 cm³/mol. The Balaban J connectivity index is 1.79. The first-order valence-electron chi connectivity index (χ1n) is 7.44. The van der Waals surface area contributed by atoms with Crippen molar-refractivity contribution < 1.29 is 4.79 Å². The van der Waals surface area contributed by atoms with Crippen LogP contribution in [0.15, 0.2) is 12.4 Å². The Bertz CT molecular complexity index is 423. The molecule has 1 saturated heterocycles. The fourth-order valence-electron chi connectivity index (χ4n) is 2.56. The summed E-state index contributed by atoms with van der Waals surface area (Å²) in [7, 11) is 0. The van der Waals surface area contributed by atoms with E-state index in [2.05, 4.69) is 9.55 Å². The first-order valence-corrected chi connectivity index (χ1v) is 7.44. The molecule has 1 fully saturated rings. The van der Waals surface area contributed by atoms with E-state index in [4.69, 9.17) is 11.5 Å². The average molecular weight is 279 g/mol. The van der Waals surface area contributed by atoms with E-state index in [1.165, 1.54) is 0 Å². The van der Waals surface area contributed by atoms with Gasteiger partial charge in [-0.2, -0.15) is 0 Å². The van der Waals surface area contributed by atoms with Gasteiger partial charge in [0.15, 0.2) is 0 Å². The summed E-state index contributed by atoms with van der Waals surface area (Å²) in [6, 6.07) is 0.259. The molecule has 1 aromatic heterocycles. The summed E-state index contributed by atoms with van der Waals surface area (Å²) in [6.45, 7) is 3.13. The summed E-state index contributed by atoms with van der Waals surface area (Å²) < 4.78 is 2.09. The van der Waals surface area contributed by atoms with E-state index in [1.54, 1.807) is 6.20 Å². The highest BCUT2D eigenvalue weighted by Gasteiger charge is 2.20. The fourth-order valence-corrected chi connectivity index (χ4v) is 2.56. The maximum absolute atomic E-state index is 12.2. The number of likely N-dealkylation sites (tertiary alicyclic amines) is 1. The Kier molecular flexibility index (Phi) is 5.55. The molecule has 0 saturated carbocycles. The van der Waals surface area contributed by atoms with Crippen LogP contribution in [-0.2, 0) is 17.8 Å². The van der Waals surface area contributed by atoms with E-state index in [-0.39, 0.29) is 11.9 Å². The molecule has 2 heterocycles. The number of piperidine rings is 1. The lowest BCUT2D eigenvalue weighted by atomic mass is 10.1. The number of amides is 1. The standard InChI is InChI=1S/C14H25N5O/c15-6-1-8-18-11-7-17-13(18)2-3-14(20)19-9-4-12(16)5-10-19/h7,11-12H,1-6,8-10,15-16H2. The Morgan fingerprint density at radius 3 is 2.85 bits per heavy atom. The van der Waals surface area contributed by atoms with Crippen LogP contribution < -0.4 is 11.5 Å². The highest BCUT2D eigenvalue weighted by Crippen LogP contribution is 2.11. The number of nitrogens with two attached hydrogens (primary N) is 2. The van der Waals surface area contributed by atoms with E-state index in [0.717, 1.165) is 44.7 Å². The van der Waals surface area contributed by atoms with Crippen LogP contribution in [0.3, 0.4) is 0 Å². The molecule has 0 radical (unpaired) electrons. The van der Waals surface area contributed by atoms with Gasteiger partial charge in [-0.3, -0.25) is 4.79 Å². The number of imidazole rings is 1. The maximum Gasteiger partial charge on any atom is 0.223 e. The predicted octanol–water partition coefficient (Wildman–Crippen LogP) is 0.114. The van der Waals surface area contributed by atoms with Crippen LogP contribution in [0, 0.1) is 0 Å². The lowest BCUT2D eigenvalue weighted by molar-refractivity contribution is -0.132. The molecule has 4 N–H and O–H groups in total. The van der Waals surface area contributed by atoms with Gasteiger partial charge in [0.25, 0.3) is 0 Å². The van der Waals surface area contributed by atoms with Gasteiger partial charge < -0.3 is 20.9 Å². The normalized spacial score (nSPS) is 16.6. The molecular weight excluding hydrogens is 254 g/mol. The number of aryl methyl sites for hydroxylation is 2. The summed E-state index contributed by atoms with van der Waals surface area (Å²) >= 11 is 0. The van der Waals surface area contributed by atoms with Gasteiger partial charge in [-0.25, -0.2) is 4.98 Å². The van der Waals surface area contributed by atoms with Gasteiger partial charge in [0.1, 0.15) is 5.82 Å². The van der Waals surface area contributed by atoms with Gasteiger partial charge >= 0.3 is 0 Å². The molecule has 6 nitrogen and oxygen atoms in total. The van der Waals surface area contributed by atoms with Crippen molar-refractivity contribution in [3.63, 3.8) is 0 Å². The SMILES string of the molecule is NCCCn1ccnc1CCC(=O)N1CCC(N)CC1. The molecule has 1 aromatic rings. The minimum absolute atomic E-state index is 0.213. The number of hydrogen-bond acceptors (Lipinski definition) is 4. The van der Waals surface area contributed by atoms with Crippen molar-refractivity contribution in [2.24, 2.45) is 11.5 Å². The van der Waals surface area contributed by atoms with Crippen molar-refractivity contribution in [2.45, 2.75) is 44.7 Å². The molecule has 1 aliphatic rings. The van der Waals surface area contributed by atoms with Gasteiger partial charge in [0.2, 0.25) is 5.91 Å². The fraction of sp³-hybridized carbons (Fsp3) is 0.714. The lowest BCUT2D eigenvalue weighted by Crippen LogP contribution is -2.42. The van der Waals surface area contributed by atoms with Crippen LogP contribution in [0.4, 0.5) is 0 Å². The summed E-state index contributed by atoms with van der Waals surface area (Å²) in [5.41, 5.74) is 11.4. The summed E-state index contributed by atoms with van der Waals surface area (Å²) in [5, 5.41) is 0. The third-order valence-electron chi connectivity index (χ3n) is 3.86. The highest BCUT2D eigenvalue weighted by atomic mass is 16.2. The molecule has 2 rings (SSSR count). The van der Waals surface area contributed by atoms with Gasteiger partial charge in [-0.1, -0.05) is 0 Å². The van der Waals surface area contributed by atoms with Crippen LogP contribution in [0.1, 0.15) is 31.5 Å². The second-order valence-corrected chi connectivity index (χ2v) is 5.40. The number of aromatic nitrogens is 2. The molecule has 0 bridgehead atoms. The zero-order chi connectivity index (χ0) is 14.4. The summed E-state index contributed by atoms with van der Waals surface area (Å²) in [5.74, 6) is 1.19. The Morgan fingerprint density at radius 1 is 1.40 bits per heavy atom. The number of carbonyl (C=O) groups is 1. The van der Waals surface area contributed by atoms with Crippen LogP contribution in [0.25, 0.3) is 0 Å². The molecule has 0 unspecified atom stereocenters. The monoisotopic (exact) mass is 279 g/mol. The van der Waals surface area contributed by atoms with Crippen molar-refractivity contribution in [1.29, 1.82) is 0 Å². The van der Waals surface area contributed by atoms with E-state index in [1.807, 2.05) is 11.1 Å². The molecule has 112 valence electrons. The third kappa shape index (κ3) is 4.05. The van der Waals surface area contributed by atoms with Gasteiger partial charge in [-0.05, 0) is 25.8 Å². The first kappa shape index (κ1) is 15.0. The molecule has 0 aliphatic carbocycles. The largest absolute Gasteiger partial charge is 0.343 e. The average Bonchev–Trinajstić information content (AvgIpc) is 2.90. The minimum atomic E-state index is 0.213. The number of carbonyl (C=O) groups excluding carboxylic acids is 1. The smallest absolute Gasteiger partial charge is 0.223 e. The molecule has 20 heavy (non-hydrogen) atoms. The van der Waals surface area contributed by atoms with Crippen molar-refractivity contribution in [3.05, 3.63) is 18.2 Å². The Hall–Kier alpha value is -1.40. The van der Waals surface area contributed by atoms with E-state index in [9.17, 15) is 4.79 Å². The topological polar surface area (TPSA) is 90.2 Å². The van der Waals surface area contributed by atoms with Gasteiger partial charge in [0, 0.05) is 50.9 Å². The van der Waals surface area contributed by atoms with Gasteiger partial charge in [-0.15, -0.1) is 0 Å². The van der Waals surface area contributed by atoms with Crippen LogP contribution >= 0.6 is 0 Å². The summed E-state index contributed by atoms with van der Waals surface area (Å²) in [4.78, 5) is 18.4. The molecule has 6 heteroatoms. The maximum atomic E-state index is 12.2. The number of hydrogen-bond donors (Lipinski definition) is 2. The van der Waals surface area contributed by atoms with E-state index >= 15 is 0 Å². The molecule has 0 atom stereocenters. The van der Waals surface area contributed by atoms with Crippen LogP contribution in [0.2, 0.25) is 0 Å². The second-order valence-electron chi connectivity index (χ2n) is 5.40. The lowest BCUT2D eigenvalue weighted by Gasteiger charge is -2.30. The molecule has 1 amide bonds. The Labute approximate surface area is 120 Å². The van der Waals surface area contributed by atoms with Gasteiger partial charge in [0.05, 0.1) is 0 Å². The van der Waals surface area contributed by atoms with Crippen LogP contribution in [0.5, 0.6) is 0 Å². The second kappa shape index (κ2) is 7.40. The first-order chi connectivity index (χ1) is 9.70. The van der Waals surface area contributed by atoms with Crippen molar-refractivity contribution in [1.82, 2.24) is 14.5 Å². The molecule has 1 aliphatic heterocycles. The van der Waals surface area contributed by atoms with E-state index < -0.39 is 0 Å². The van der Waals surface area contributed by atoms with Crippen LogP contribution in [-0.4, -0.2) is 46.0 Å². The molecular formula is C14H25N5O. The zero-order valence-electron chi connectivity index (χ0n) is 12.0. The van der Waals surface area contributed by atoms with E-state index in [0.29, 0.717) is 19.4 Å². The third-order valence-corrected chi connectivity index (χ3v) is 3.86. The number of rotatable bonds is 6. The number of nitrogens with zero attached hydrogens (tertiary/aromatic N) is 3. The Morgan fingerprint density at radius 2 is 2.15 bits per heavy atom. The highest BCUT2D eigenvalue weighted by molar-refractivity contribution is 5.76. The quantitative estimate of drug-likeness (QED) is 0.773.